The Hall–Kier alpha value is -1.06. The minimum absolute atomic E-state index is 0.0671. The van der Waals surface area contributed by atoms with Gasteiger partial charge in [-0.05, 0) is 43.4 Å². The second-order valence-electron chi connectivity index (χ2n) is 7.53. The first-order valence-corrected chi connectivity index (χ1v) is 7.80. The number of amides is 1. The third-order valence-corrected chi connectivity index (χ3v) is 5.05. The van der Waals surface area contributed by atoms with E-state index in [-0.39, 0.29) is 23.2 Å². The van der Waals surface area contributed by atoms with Crippen LogP contribution >= 0.6 is 0 Å². The molecule has 0 aromatic rings. The van der Waals surface area contributed by atoms with Crippen molar-refractivity contribution in [2.45, 2.75) is 52.9 Å². The molecule has 0 aromatic carbocycles. The number of hydrogen-bond acceptors (Lipinski definition) is 2. The molecule has 0 bridgehead atoms. The lowest BCUT2D eigenvalue weighted by molar-refractivity contribution is -0.147. The number of nitrogens with zero attached hydrogens (tertiary/aromatic N) is 1. The summed E-state index contributed by atoms with van der Waals surface area (Å²) in [5.41, 5.74) is 0.0671. The van der Waals surface area contributed by atoms with E-state index < -0.39 is 5.97 Å². The largest absolute Gasteiger partial charge is 0.481 e. The van der Waals surface area contributed by atoms with Crippen LogP contribution in [0.5, 0.6) is 0 Å². The molecule has 114 valence electrons. The zero-order valence-corrected chi connectivity index (χ0v) is 12.9. The molecule has 2 fully saturated rings. The van der Waals surface area contributed by atoms with E-state index in [2.05, 4.69) is 20.8 Å². The van der Waals surface area contributed by atoms with Gasteiger partial charge in [-0.15, -0.1) is 0 Å². The van der Waals surface area contributed by atoms with Crippen LogP contribution in [0.25, 0.3) is 0 Å². The van der Waals surface area contributed by atoms with Crippen molar-refractivity contribution in [2.24, 2.45) is 23.2 Å². The van der Waals surface area contributed by atoms with E-state index in [4.69, 9.17) is 0 Å². The SMILES string of the molecule is CC(C)(C)[C@H]1C[C@H](C(=O)O)C[C@H](C(=O)N2CCCC2)C1. The van der Waals surface area contributed by atoms with Crippen LogP contribution in [0, 0.1) is 23.2 Å². The molecule has 4 nitrogen and oxygen atoms in total. The summed E-state index contributed by atoms with van der Waals surface area (Å²) in [6.45, 7) is 8.17. The Bertz CT molecular complexity index is 380. The Morgan fingerprint density at radius 1 is 1.00 bits per heavy atom. The fraction of sp³-hybridized carbons (Fsp3) is 0.875. The normalized spacial score (nSPS) is 31.4. The zero-order chi connectivity index (χ0) is 14.9. The quantitative estimate of drug-likeness (QED) is 0.846. The van der Waals surface area contributed by atoms with Crippen molar-refractivity contribution in [1.29, 1.82) is 0 Å². The van der Waals surface area contributed by atoms with Crippen molar-refractivity contribution >= 4 is 11.9 Å². The van der Waals surface area contributed by atoms with Gasteiger partial charge in [-0.1, -0.05) is 20.8 Å². The smallest absolute Gasteiger partial charge is 0.306 e. The van der Waals surface area contributed by atoms with Crippen molar-refractivity contribution in [3.8, 4) is 0 Å². The van der Waals surface area contributed by atoms with Crippen LogP contribution < -0.4 is 0 Å². The van der Waals surface area contributed by atoms with Crippen LogP contribution in [0.4, 0.5) is 0 Å². The number of rotatable bonds is 2. The molecule has 1 saturated carbocycles. The van der Waals surface area contributed by atoms with Gasteiger partial charge in [0.05, 0.1) is 5.92 Å². The van der Waals surface area contributed by atoms with Gasteiger partial charge in [0.15, 0.2) is 0 Å². The number of hydrogen-bond donors (Lipinski definition) is 1. The summed E-state index contributed by atoms with van der Waals surface area (Å²) in [6, 6.07) is 0. The lowest BCUT2D eigenvalue weighted by atomic mass is 9.65. The molecule has 4 heteroatoms. The highest BCUT2D eigenvalue weighted by atomic mass is 16.4. The molecule has 1 N–H and O–H groups in total. The van der Waals surface area contributed by atoms with Crippen LogP contribution in [0.15, 0.2) is 0 Å². The number of carbonyl (C=O) groups excluding carboxylic acids is 1. The Morgan fingerprint density at radius 2 is 1.55 bits per heavy atom. The summed E-state index contributed by atoms with van der Waals surface area (Å²) in [7, 11) is 0. The highest BCUT2D eigenvalue weighted by molar-refractivity contribution is 5.80. The number of carbonyl (C=O) groups is 2. The molecule has 1 heterocycles. The van der Waals surface area contributed by atoms with Crippen LogP contribution in [0.1, 0.15) is 52.9 Å². The van der Waals surface area contributed by atoms with Gasteiger partial charge in [-0.2, -0.15) is 0 Å². The highest BCUT2D eigenvalue weighted by Gasteiger charge is 2.41. The maximum atomic E-state index is 12.6. The van der Waals surface area contributed by atoms with Crippen molar-refractivity contribution in [1.82, 2.24) is 4.90 Å². The molecule has 2 rings (SSSR count). The molecule has 3 atom stereocenters. The van der Waals surface area contributed by atoms with Crippen LogP contribution in [0.3, 0.4) is 0 Å². The molecule has 20 heavy (non-hydrogen) atoms. The Kier molecular flexibility index (Phi) is 4.40. The second kappa shape index (κ2) is 5.74. The average molecular weight is 281 g/mol. The molecule has 2 aliphatic rings. The van der Waals surface area contributed by atoms with Gasteiger partial charge in [0, 0.05) is 19.0 Å². The summed E-state index contributed by atoms with van der Waals surface area (Å²) < 4.78 is 0. The van der Waals surface area contributed by atoms with Crippen molar-refractivity contribution in [3.05, 3.63) is 0 Å². The van der Waals surface area contributed by atoms with Crippen molar-refractivity contribution < 1.29 is 14.7 Å². The molecule has 1 saturated heterocycles. The number of carboxylic acids is 1. The van der Waals surface area contributed by atoms with Crippen molar-refractivity contribution in [3.63, 3.8) is 0 Å². The molecule has 1 aliphatic heterocycles. The maximum Gasteiger partial charge on any atom is 0.306 e. The average Bonchev–Trinajstić information content (AvgIpc) is 2.90. The lowest BCUT2D eigenvalue weighted by Gasteiger charge is -2.40. The number of likely N-dealkylation sites (tertiary alicyclic amines) is 1. The van der Waals surface area contributed by atoms with E-state index in [9.17, 15) is 14.7 Å². The third-order valence-electron chi connectivity index (χ3n) is 5.05. The van der Waals surface area contributed by atoms with Gasteiger partial charge in [0.25, 0.3) is 0 Å². The lowest BCUT2D eigenvalue weighted by Crippen LogP contribution is -2.42. The van der Waals surface area contributed by atoms with E-state index >= 15 is 0 Å². The van der Waals surface area contributed by atoms with Crippen LogP contribution in [-0.4, -0.2) is 35.0 Å². The minimum atomic E-state index is -0.738. The van der Waals surface area contributed by atoms with E-state index in [1.54, 1.807) is 0 Å². The van der Waals surface area contributed by atoms with Crippen molar-refractivity contribution in [2.75, 3.05) is 13.1 Å². The molecule has 1 amide bonds. The van der Waals surface area contributed by atoms with Gasteiger partial charge >= 0.3 is 5.97 Å². The summed E-state index contributed by atoms with van der Waals surface area (Å²) in [5, 5.41) is 9.36. The van der Waals surface area contributed by atoms with Gasteiger partial charge in [0.2, 0.25) is 5.91 Å². The maximum absolute atomic E-state index is 12.6. The van der Waals surface area contributed by atoms with Gasteiger partial charge in [-0.25, -0.2) is 0 Å². The zero-order valence-electron chi connectivity index (χ0n) is 12.9. The molecular formula is C16H27NO3. The summed E-state index contributed by atoms with van der Waals surface area (Å²) in [4.78, 5) is 25.9. The molecule has 0 spiro atoms. The van der Waals surface area contributed by atoms with Crippen LogP contribution in [0.2, 0.25) is 0 Å². The summed E-state index contributed by atoms with van der Waals surface area (Å²) in [6.07, 6.45) is 4.26. The third kappa shape index (κ3) is 3.33. The van der Waals surface area contributed by atoms with E-state index in [1.165, 1.54) is 0 Å². The van der Waals surface area contributed by atoms with Crippen LogP contribution in [-0.2, 0) is 9.59 Å². The Labute approximate surface area is 121 Å². The standard InChI is InChI=1S/C16H27NO3/c1-16(2,3)13-9-11(8-12(10-13)15(19)20)14(18)17-6-4-5-7-17/h11-13H,4-10H2,1-3H3,(H,19,20)/t11-,12+,13+/m0/s1. The second-order valence-corrected chi connectivity index (χ2v) is 7.53. The monoisotopic (exact) mass is 281 g/mol. The summed E-state index contributed by atoms with van der Waals surface area (Å²) in [5.74, 6) is -0.675. The highest BCUT2D eigenvalue weighted by Crippen LogP contribution is 2.43. The van der Waals surface area contributed by atoms with E-state index in [1.807, 2.05) is 4.90 Å². The van der Waals surface area contributed by atoms with E-state index in [0.29, 0.717) is 18.8 Å². The minimum Gasteiger partial charge on any atom is -0.481 e. The van der Waals surface area contributed by atoms with Gasteiger partial charge in [0.1, 0.15) is 0 Å². The fourth-order valence-corrected chi connectivity index (χ4v) is 3.63. The molecule has 1 aliphatic carbocycles. The fourth-order valence-electron chi connectivity index (χ4n) is 3.63. The summed E-state index contributed by atoms with van der Waals surface area (Å²) >= 11 is 0. The predicted octanol–water partition coefficient (Wildman–Crippen LogP) is 2.77. The first kappa shape index (κ1) is 15.3. The van der Waals surface area contributed by atoms with Gasteiger partial charge < -0.3 is 10.0 Å². The van der Waals surface area contributed by atoms with E-state index in [0.717, 1.165) is 32.4 Å². The predicted molar refractivity (Wildman–Crippen MR) is 77.2 cm³/mol. The molecular weight excluding hydrogens is 254 g/mol. The Morgan fingerprint density at radius 3 is 2.05 bits per heavy atom. The number of aliphatic carboxylic acids is 1. The first-order valence-electron chi connectivity index (χ1n) is 7.80. The number of carboxylic acid groups (broad SMARTS) is 1. The first-order chi connectivity index (χ1) is 9.29. The molecule has 0 unspecified atom stereocenters. The topological polar surface area (TPSA) is 57.6 Å². The molecule has 0 aromatic heterocycles. The Balaban J connectivity index is 2.10. The van der Waals surface area contributed by atoms with Gasteiger partial charge in [-0.3, -0.25) is 9.59 Å². The molecule has 0 radical (unpaired) electrons.